The largest absolute Gasteiger partial charge is 0.507 e. The summed E-state index contributed by atoms with van der Waals surface area (Å²) in [6.45, 7) is 1.21. The van der Waals surface area contributed by atoms with Crippen LogP contribution in [0.15, 0.2) is 35.2 Å². The minimum Gasteiger partial charge on any atom is -0.507 e. The van der Waals surface area contributed by atoms with Gasteiger partial charge in [0.15, 0.2) is 5.78 Å². The molecule has 0 saturated carbocycles. The van der Waals surface area contributed by atoms with E-state index in [-0.39, 0.29) is 27.5 Å². The predicted molar refractivity (Wildman–Crippen MR) is 74.0 cm³/mol. The average molecular weight is 312 g/mol. The maximum Gasteiger partial charge on any atom is 0.163 e. The van der Waals surface area contributed by atoms with E-state index in [1.807, 2.05) is 0 Å². The van der Waals surface area contributed by atoms with Crippen LogP contribution in [0.5, 0.6) is 5.75 Å². The van der Waals surface area contributed by atoms with Gasteiger partial charge < -0.3 is 5.11 Å². The maximum atomic E-state index is 13.5. The van der Waals surface area contributed by atoms with E-state index >= 15 is 0 Å². The molecule has 0 saturated heterocycles. The number of thioether (sulfide) groups is 1. The maximum absolute atomic E-state index is 13.5. The zero-order chi connectivity index (χ0) is 15.6. The van der Waals surface area contributed by atoms with E-state index in [1.165, 1.54) is 13.0 Å². The van der Waals surface area contributed by atoms with Gasteiger partial charge in [-0.15, -0.1) is 11.8 Å². The number of hydrogen-bond donors (Lipinski definition) is 1. The highest BCUT2D eigenvalue weighted by molar-refractivity contribution is 7.98. The molecule has 0 atom stereocenters. The summed E-state index contributed by atoms with van der Waals surface area (Å²) in [6.07, 6.45) is 0. The first-order valence-electron chi connectivity index (χ1n) is 5.98. The van der Waals surface area contributed by atoms with Crippen molar-refractivity contribution in [1.29, 1.82) is 0 Å². The highest BCUT2D eigenvalue weighted by atomic mass is 32.2. The van der Waals surface area contributed by atoms with E-state index in [0.29, 0.717) is 0 Å². The van der Waals surface area contributed by atoms with E-state index in [1.54, 1.807) is 0 Å². The molecular weight excluding hydrogens is 301 g/mol. The minimum absolute atomic E-state index is 0.0480. The van der Waals surface area contributed by atoms with E-state index in [2.05, 4.69) is 0 Å². The van der Waals surface area contributed by atoms with E-state index in [0.717, 1.165) is 36.0 Å². The summed E-state index contributed by atoms with van der Waals surface area (Å²) < 4.78 is 39.7. The van der Waals surface area contributed by atoms with Crippen molar-refractivity contribution in [1.82, 2.24) is 0 Å². The number of benzene rings is 2. The number of Topliss-reactive ketones (excluding diaryl/α,β-unsaturated/α-hetero) is 1. The molecule has 2 aromatic rings. The molecule has 0 amide bonds. The smallest absolute Gasteiger partial charge is 0.163 e. The molecule has 2 rings (SSSR count). The quantitative estimate of drug-likeness (QED) is 0.675. The summed E-state index contributed by atoms with van der Waals surface area (Å²) in [5.41, 5.74) is 0.0547. The standard InChI is InChI=1S/C15H11F3O2S/c1-8(19)12-5-11(17)4-9(15(12)20)7-21-14-3-2-10(16)6-13(14)18/h2-6,20H,7H2,1H3. The molecule has 0 radical (unpaired) electrons. The van der Waals surface area contributed by atoms with Gasteiger partial charge in [-0.3, -0.25) is 4.79 Å². The molecule has 2 aromatic carbocycles. The van der Waals surface area contributed by atoms with Gasteiger partial charge in [0, 0.05) is 22.3 Å². The van der Waals surface area contributed by atoms with Gasteiger partial charge in [0.05, 0.1) is 5.56 Å². The van der Waals surface area contributed by atoms with Crippen molar-refractivity contribution >= 4 is 17.5 Å². The Balaban J connectivity index is 2.26. The van der Waals surface area contributed by atoms with Crippen LogP contribution in [-0.2, 0) is 5.75 Å². The monoisotopic (exact) mass is 312 g/mol. The van der Waals surface area contributed by atoms with Gasteiger partial charge in [-0.2, -0.15) is 0 Å². The van der Waals surface area contributed by atoms with Crippen LogP contribution in [0.2, 0.25) is 0 Å². The van der Waals surface area contributed by atoms with Crippen LogP contribution >= 0.6 is 11.8 Å². The van der Waals surface area contributed by atoms with E-state index in [9.17, 15) is 23.1 Å². The molecule has 0 heterocycles. The Morgan fingerprint density at radius 2 is 1.86 bits per heavy atom. The first kappa shape index (κ1) is 15.4. The molecule has 2 nitrogen and oxygen atoms in total. The molecule has 0 aromatic heterocycles. The van der Waals surface area contributed by atoms with Crippen LogP contribution in [0.25, 0.3) is 0 Å². The van der Waals surface area contributed by atoms with Crippen LogP contribution in [-0.4, -0.2) is 10.9 Å². The molecule has 0 aliphatic carbocycles. The number of carbonyl (C=O) groups is 1. The van der Waals surface area contributed by atoms with Crippen molar-refractivity contribution in [2.24, 2.45) is 0 Å². The number of halogens is 3. The Hall–Kier alpha value is -1.95. The molecule has 21 heavy (non-hydrogen) atoms. The molecule has 0 spiro atoms. The van der Waals surface area contributed by atoms with E-state index in [4.69, 9.17) is 0 Å². The van der Waals surface area contributed by atoms with Gasteiger partial charge >= 0.3 is 0 Å². The van der Waals surface area contributed by atoms with Crippen LogP contribution in [0.3, 0.4) is 0 Å². The van der Waals surface area contributed by atoms with Crippen LogP contribution in [0.1, 0.15) is 22.8 Å². The molecule has 0 aliphatic rings. The van der Waals surface area contributed by atoms with Gasteiger partial charge in [0.25, 0.3) is 0 Å². The Morgan fingerprint density at radius 3 is 2.48 bits per heavy atom. The van der Waals surface area contributed by atoms with Gasteiger partial charge in [-0.05, 0) is 31.2 Å². The van der Waals surface area contributed by atoms with Gasteiger partial charge in [-0.1, -0.05) is 0 Å². The number of aromatic hydroxyl groups is 1. The average Bonchev–Trinajstić information content (AvgIpc) is 2.40. The summed E-state index contributed by atoms with van der Waals surface area (Å²) >= 11 is 0.972. The zero-order valence-corrected chi connectivity index (χ0v) is 11.8. The predicted octanol–water partition coefficient (Wildman–Crippen LogP) is 4.30. The number of phenolic OH excluding ortho intramolecular Hbond substituents is 1. The molecule has 1 N–H and O–H groups in total. The molecule has 0 bridgehead atoms. The molecule has 6 heteroatoms. The number of hydrogen-bond acceptors (Lipinski definition) is 3. The van der Waals surface area contributed by atoms with Crippen molar-refractivity contribution in [2.45, 2.75) is 17.6 Å². The van der Waals surface area contributed by atoms with Crippen molar-refractivity contribution in [2.75, 3.05) is 0 Å². The van der Waals surface area contributed by atoms with Crippen molar-refractivity contribution in [3.8, 4) is 5.75 Å². The fourth-order valence-corrected chi connectivity index (χ4v) is 2.67. The van der Waals surface area contributed by atoms with Gasteiger partial charge in [0.2, 0.25) is 0 Å². The lowest BCUT2D eigenvalue weighted by molar-refractivity contribution is 0.101. The molecule has 0 aliphatic heterocycles. The molecular formula is C15H11F3O2S. The van der Waals surface area contributed by atoms with Crippen molar-refractivity contribution in [3.05, 3.63) is 58.9 Å². The first-order chi connectivity index (χ1) is 9.88. The lowest BCUT2D eigenvalue weighted by atomic mass is 10.1. The Bertz CT molecular complexity index is 702. The summed E-state index contributed by atoms with van der Waals surface area (Å²) in [5.74, 6) is -2.82. The fourth-order valence-electron chi connectivity index (χ4n) is 1.78. The topological polar surface area (TPSA) is 37.3 Å². The zero-order valence-electron chi connectivity index (χ0n) is 11.0. The second kappa shape index (κ2) is 6.22. The van der Waals surface area contributed by atoms with Crippen molar-refractivity contribution < 1.29 is 23.1 Å². The van der Waals surface area contributed by atoms with Gasteiger partial charge in [-0.25, -0.2) is 13.2 Å². The molecule has 110 valence electrons. The summed E-state index contributed by atoms with van der Waals surface area (Å²) in [4.78, 5) is 11.5. The Morgan fingerprint density at radius 1 is 1.14 bits per heavy atom. The van der Waals surface area contributed by atoms with Crippen LogP contribution in [0.4, 0.5) is 13.2 Å². The SMILES string of the molecule is CC(=O)c1cc(F)cc(CSc2ccc(F)cc2F)c1O. The Labute approximate surface area is 123 Å². The normalized spacial score (nSPS) is 10.7. The molecule has 0 unspecified atom stereocenters. The second-order valence-electron chi connectivity index (χ2n) is 4.38. The minimum atomic E-state index is -0.734. The summed E-state index contributed by atoms with van der Waals surface area (Å²) in [7, 11) is 0. The number of ketones is 1. The number of rotatable bonds is 4. The molecule has 0 fully saturated rings. The Kier molecular flexibility index (Phi) is 4.57. The van der Waals surface area contributed by atoms with Crippen LogP contribution in [0, 0.1) is 17.5 Å². The third kappa shape index (κ3) is 3.58. The lowest BCUT2D eigenvalue weighted by Gasteiger charge is -2.09. The van der Waals surface area contributed by atoms with E-state index < -0.39 is 23.2 Å². The highest BCUT2D eigenvalue weighted by Crippen LogP contribution is 2.32. The third-order valence-electron chi connectivity index (χ3n) is 2.81. The third-order valence-corrected chi connectivity index (χ3v) is 3.91. The fraction of sp³-hybridized carbons (Fsp3) is 0.133. The summed E-state index contributed by atoms with van der Waals surface area (Å²) in [6, 6.07) is 5.14. The number of carbonyl (C=O) groups excluding carboxylic acids is 1. The van der Waals surface area contributed by atoms with Crippen LogP contribution < -0.4 is 0 Å². The highest BCUT2D eigenvalue weighted by Gasteiger charge is 2.14. The van der Waals surface area contributed by atoms with Crippen molar-refractivity contribution in [3.63, 3.8) is 0 Å². The first-order valence-corrected chi connectivity index (χ1v) is 6.97. The number of phenols is 1. The summed E-state index contributed by atoms with van der Waals surface area (Å²) in [5, 5.41) is 9.92. The second-order valence-corrected chi connectivity index (χ2v) is 5.40. The van der Waals surface area contributed by atoms with Gasteiger partial charge in [0.1, 0.15) is 23.2 Å². The lowest BCUT2D eigenvalue weighted by Crippen LogP contribution is -1.97.